The van der Waals surface area contributed by atoms with Crippen LogP contribution in [0.4, 0.5) is 5.13 Å². The van der Waals surface area contributed by atoms with Crippen molar-refractivity contribution in [3.63, 3.8) is 0 Å². The van der Waals surface area contributed by atoms with Crippen LogP contribution in [0.15, 0.2) is 47.2 Å². The molecular weight excluding hydrogens is 328 g/mol. The Bertz CT molecular complexity index is 764. The van der Waals surface area contributed by atoms with Crippen molar-refractivity contribution in [3.05, 3.63) is 52.0 Å². The van der Waals surface area contributed by atoms with Crippen molar-refractivity contribution >= 4 is 33.7 Å². The Hall–Kier alpha value is -2.18. The first-order valence-corrected chi connectivity index (χ1v) is 8.93. The van der Waals surface area contributed by atoms with Gasteiger partial charge in [-0.3, -0.25) is 4.79 Å². The number of amides is 1. The summed E-state index contributed by atoms with van der Waals surface area (Å²) in [6.45, 7) is 0. The van der Waals surface area contributed by atoms with E-state index < -0.39 is 0 Å². The minimum atomic E-state index is -0.00553. The number of ether oxygens (including phenoxy) is 1. The van der Waals surface area contributed by atoms with Crippen LogP contribution in [0.2, 0.25) is 0 Å². The van der Waals surface area contributed by atoms with E-state index in [-0.39, 0.29) is 5.91 Å². The average Bonchev–Trinajstić information content (AvgIpc) is 3.25. The molecule has 0 fully saturated rings. The molecule has 1 amide bonds. The molecular formula is C17H16N2O2S2. The van der Waals surface area contributed by atoms with E-state index in [0.29, 0.717) is 11.6 Å². The lowest BCUT2D eigenvalue weighted by Crippen LogP contribution is -2.11. The molecule has 118 valence electrons. The molecule has 4 nitrogen and oxygen atoms in total. The Morgan fingerprint density at radius 1 is 1.22 bits per heavy atom. The highest BCUT2D eigenvalue weighted by Gasteiger charge is 2.09. The van der Waals surface area contributed by atoms with E-state index in [2.05, 4.69) is 10.3 Å². The number of rotatable bonds is 6. The lowest BCUT2D eigenvalue weighted by atomic mass is 10.2. The number of methoxy groups -OCH3 is 1. The second kappa shape index (κ2) is 7.39. The number of nitrogens with one attached hydrogen (secondary N) is 1. The fourth-order valence-electron chi connectivity index (χ4n) is 2.10. The predicted octanol–water partition coefficient (Wildman–Crippen LogP) is 4.45. The van der Waals surface area contributed by atoms with Crippen molar-refractivity contribution in [1.29, 1.82) is 0 Å². The summed E-state index contributed by atoms with van der Waals surface area (Å²) in [7, 11) is 1.64. The summed E-state index contributed by atoms with van der Waals surface area (Å²) in [5, 5.41) is 7.46. The largest absolute Gasteiger partial charge is 0.497 e. The molecule has 2 heterocycles. The number of aromatic nitrogens is 1. The highest BCUT2D eigenvalue weighted by molar-refractivity contribution is 7.14. The van der Waals surface area contributed by atoms with Crippen LogP contribution in [0.5, 0.6) is 5.75 Å². The molecule has 6 heteroatoms. The number of aryl methyl sites for hydroxylation is 1. The van der Waals surface area contributed by atoms with Gasteiger partial charge < -0.3 is 10.1 Å². The van der Waals surface area contributed by atoms with Crippen molar-refractivity contribution in [1.82, 2.24) is 4.98 Å². The maximum atomic E-state index is 12.0. The molecule has 0 aliphatic carbocycles. The van der Waals surface area contributed by atoms with E-state index in [4.69, 9.17) is 4.74 Å². The van der Waals surface area contributed by atoms with Crippen LogP contribution in [0.3, 0.4) is 0 Å². The Morgan fingerprint density at radius 2 is 2.04 bits per heavy atom. The molecule has 0 aliphatic rings. The van der Waals surface area contributed by atoms with E-state index >= 15 is 0 Å². The first kappa shape index (κ1) is 15.7. The first-order chi connectivity index (χ1) is 11.2. The molecule has 0 saturated carbocycles. The van der Waals surface area contributed by atoms with Crippen LogP contribution in [0.1, 0.15) is 11.3 Å². The van der Waals surface area contributed by atoms with Crippen molar-refractivity contribution in [2.75, 3.05) is 12.4 Å². The fourth-order valence-corrected chi connectivity index (χ4v) is 3.54. The van der Waals surface area contributed by atoms with Crippen molar-refractivity contribution < 1.29 is 9.53 Å². The van der Waals surface area contributed by atoms with Gasteiger partial charge in [0.25, 0.3) is 0 Å². The third-order valence-electron chi connectivity index (χ3n) is 3.31. The van der Waals surface area contributed by atoms with E-state index in [1.165, 1.54) is 16.2 Å². The van der Waals surface area contributed by atoms with E-state index in [0.717, 1.165) is 23.4 Å². The SMILES string of the molecule is COc1ccc(-c2csc(NC(=O)CCc3cccs3)n2)cc1. The zero-order chi connectivity index (χ0) is 16.1. The molecule has 3 aromatic rings. The topological polar surface area (TPSA) is 51.2 Å². The molecule has 1 aromatic carbocycles. The summed E-state index contributed by atoms with van der Waals surface area (Å²) in [6, 6.07) is 11.7. The monoisotopic (exact) mass is 344 g/mol. The Morgan fingerprint density at radius 3 is 2.74 bits per heavy atom. The number of hydrogen-bond acceptors (Lipinski definition) is 5. The van der Waals surface area contributed by atoms with Crippen molar-refractivity contribution in [2.45, 2.75) is 12.8 Å². The van der Waals surface area contributed by atoms with E-state index in [1.54, 1.807) is 18.4 Å². The van der Waals surface area contributed by atoms with Gasteiger partial charge in [0, 0.05) is 22.2 Å². The van der Waals surface area contributed by atoms with Crippen LogP contribution >= 0.6 is 22.7 Å². The highest BCUT2D eigenvalue weighted by atomic mass is 32.1. The van der Waals surface area contributed by atoms with Crippen LogP contribution in [0.25, 0.3) is 11.3 Å². The number of thiophene rings is 1. The maximum Gasteiger partial charge on any atom is 0.226 e. The summed E-state index contributed by atoms with van der Waals surface area (Å²) >= 11 is 3.11. The average molecular weight is 344 g/mol. The summed E-state index contributed by atoms with van der Waals surface area (Å²) in [5.41, 5.74) is 1.85. The number of carbonyl (C=O) groups excluding carboxylic acids is 1. The number of carbonyl (C=O) groups is 1. The van der Waals surface area contributed by atoms with Crippen molar-refractivity contribution in [2.24, 2.45) is 0 Å². The predicted molar refractivity (Wildman–Crippen MR) is 95.4 cm³/mol. The Balaban J connectivity index is 1.58. The molecule has 23 heavy (non-hydrogen) atoms. The van der Waals surface area contributed by atoms with Gasteiger partial charge in [-0.25, -0.2) is 4.98 Å². The summed E-state index contributed by atoms with van der Waals surface area (Å²) in [4.78, 5) is 17.7. The summed E-state index contributed by atoms with van der Waals surface area (Å²) in [6.07, 6.45) is 1.23. The van der Waals surface area contributed by atoms with Gasteiger partial charge in [0.1, 0.15) is 5.75 Å². The minimum Gasteiger partial charge on any atom is -0.497 e. The van der Waals surface area contributed by atoms with E-state index in [1.807, 2.05) is 47.2 Å². The third-order valence-corrected chi connectivity index (χ3v) is 5.01. The second-order valence-corrected chi connectivity index (χ2v) is 6.78. The van der Waals surface area contributed by atoms with Crippen molar-refractivity contribution in [3.8, 4) is 17.0 Å². The number of nitrogens with zero attached hydrogens (tertiary/aromatic N) is 1. The molecule has 1 N–H and O–H groups in total. The highest BCUT2D eigenvalue weighted by Crippen LogP contribution is 2.26. The molecule has 3 rings (SSSR count). The lowest BCUT2D eigenvalue weighted by Gasteiger charge is -2.01. The van der Waals surface area contributed by atoms with Gasteiger partial charge in [0.15, 0.2) is 5.13 Å². The van der Waals surface area contributed by atoms with Gasteiger partial charge in [-0.1, -0.05) is 6.07 Å². The van der Waals surface area contributed by atoms with Crippen LogP contribution in [-0.2, 0) is 11.2 Å². The van der Waals surface area contributed by atoms with Crippen LogP contribution in [0, 0.1) is 0 Å². The molecule has 0 radical (unpaired) electrons. The van der Waals surface area contributed by atoms with Gasteiger partial charge in [0.2, 0.25) is 5.91 Å². The Labute approximate surface area is 142 Å². The van der Waals surface area contributed by atoms with Gasteiger partial charge in [-0.15, -0.1) is 22.7 Å². The number of anilines is 1. The standard InChI is InChI=1S/C17H16N2O2S2/c1-21-13-6-4-12(5-7-13)15-11-23-17(18-15)19-16(20)9-8-14-3-2-10-22-14/h2-7,10-11H,8-9H2,1H3,(H,18,19,20). The smallest absolute Gasteiger partial charge is 0.226 e. The summed E-state index contributed by atoms with van der Waals surface area (Å²) in [5.74, 6) is 0.806. The lowest BCUT2D eigenvalue weighted by molar-refractivity contribution is -0.116. The zero-order valence-electron chi connectivity index (χ0n) is 12.6. The second-order valence-electron chi connectivity index (χ2n) is 4.89. The Kier molecular flexibility index (Phi) is 5.05. The van der Waals surface area contributed by atoms with Gasteiger partial charge in [-0.2, -0.15) is 0 Å². The van der Waals surface area contributed by atoms with Gasteiger partial charge in [0.05, 0.1) is 12.8 Å². The fraction of sp³-hybridized carbons (Fsp3) is 0.176. The summed E-state index contributed by atoms with van der Waals surface area (Å²) < 4.78 is 5.15. The van der Waals surface area contributed by atoms with Gasteiger partial charge in [-0.05, 0) is 42.1 Å². The maximum absolute atomic E-state index is 12.0. The molecule has 0 saturated heterocycles. The molecule has 0 atom stereocenters. The third kappa shape index (κ3) is 4.18. The van der Waals surface area contributed by atoms with Gasteiger partial charge >= 0.3 is 0 Å². The minimum absolute atomic E-state index is 0.00553. The quantitative estimate of drug-likeness (QED) is 0.719. The first-order valence-electron chi connectivity index (χ1n) is 7.17. The van der Waals surface area contributed by atoms with E-state index in [9.17, 15) is 4.79 Å². The molecule has 0 aliphatic heterocycles. The molecule has 2 aromatic heterocycles. The molecule has 0 bridgehead atoms. The zero-order valence-corrected chi connectivity index (χ0v) is 14.2. The van der Waals surface area contributed by atoms with Crippen LogP contribution in [-0.4, -0.2) is 18.0 Å². The number of benzene rings is 1. The number of thiazole rings is 1. The van der Waals surface area contributed by atoms with Crippen LogP contribution < -0.4 is 10.1 Å². The molecule has 0 unspecified atom stereocenters. The normalized spacial score (nSPS) is 10.5. The molecule has 0 spiro atoms. The number of hydrogen-bond donors (Lipinski definition) is 1.